The fourth-order valence-electron chi connectivity index (χ4n) is 1.98. The van der Waals surface area contributed by atoms with E-state index in [2.05, 4.69) is 15.3 Å². The Morgan fingerprint density at radius 1 is 1.29 bits per heavy atom. The molecule has 1 aromatic rings. The third kappa shape index (κ3) is 4.90. The molecule has 1 rings (SSSR count). The molecule has 8 nitrogen and oxygen atoms in total. The maximum absolute atomic E-state index is 11.7. The highest BCUT2D eigenvalue weighted by Crippen LogP contribution is 2.02. The number of carbonyl (C=O) groups is 2. The molecule has 4 N–H and O–H groups in total. The number of nitrogens with one attached hydrogen (secondary N) is 3. The van der Waals surface area contributed by atoms with Gasteiger partial charge in [-0.2, -0.15) is 0 Å². The zero-order chi connectivity index (χ0) is 16.0. The van der Waals surface area contributed by atoms with Gasteiger partial charge < -0.3 is 15.4 Å². The highest BCUT2D eigenvalue weighted by atomic mass is 16.4. The van der Waals surface area contributed by atoms with E-state index in [-0.39, 0.29) is 12.8 Å². The number of amides is 1. The summed E-state index contributed by atoms with van der Waals surface area (Å²) in [7, 11) is 0. The predicted octanol–water partition coefficient (Wildman–Crippen LogP) is -0.326. The minimum absolute atomic E-state index is 0.0243. The first-order chi connectivity index (χ1) is 9.85. The maximum atomic E-state index is 11.7. The molecule has 0 bridgehead atoms. The van der Waals surface area contributed by atoms with Gasteiger partial charge in [0.15, 0.2) is 0 Å². The van der Waals surface area contributed by atoms with Crippen molar-refractivity contribution in [1.29, 1.82) is 0 Å². The van der Waals surface area contributed by atoms with E-state index in [0.717, 1.165) is 0 Å². The van der Waals surface area contributed by atoms with Crippen LogP contribution in [0.3, 0.4) is 0 Å². The number of hydrogen-bond acceptors (Lipinski definition) is 4. The molecule has 0 saturated heterocycles. The Labute approximate surface area is 120 Å². The molecule has 0 spiro atoms. The van der Waals surface area contributed by atoms with Crippen LogP contribution in [0.2, 0.25) is 0 Å². The number of aromatic nitrogens is 2. The molecule has 0 saturated carbocycles. The van der Waals surface area contributed by atoms with Crippen molar-refractivity contribution < 1.29 is 14.7 Å². The van der Waals surface area contributed by atoms with Crippen molar-refractivity contribution in [2.45, 2.75) is 45.6 Å². The van der Waals surface area contributed by atoms with Crippen molar-refractivity contribution in [2.75, 3.05) is 0 Å². The average molecular weight is 297 g/mol. The van der Waals surface area contributed by atoms with Crippen molar-refractivity contribution in [3.63, 3.8) is 0 Å². The van der Waals surface area contributed by atoms with Crippen LogP contribution in [0.15, 0.2) is 9.59 Å². The predicted molar refractivity (Wildman–Crippen MR) is 75.2 cm³/mol. The fourth-order valence-corrected chi connectivity index (χ4v) is 1.98. The summed E-state index contributed by atoms with van der Waals surface area (Å²) < 4.78 is 0. The number of H-pyrrole nitrogens is 2. The summed E-state index contributed by atoms with van der Waals surface area (Å²) in [6.07, 6.45) is 1.08. The number of aromatic amines is 2. The molecule has 0 unspecified atom stereocenters. The molecule has 0 aliphatic heterocycles. The lowest BCUT2D eigenvalue weighted by Crippen LogP contribution is -2.41. The second kappa shape index (κ2) is 7.41. The van der Waals surface area contributed by atoms with Crippen LogP contribution in [0.5, 0.6) is 0 Å². The lowest BCUT2D eigenvalue weighted by Gasteiger charge is -2.13. The lowest BCUT2D eigenvalue weighted by atomic mass is 10.1. The first-order valence-corrected chi connectivity index (χ1v) is 6.69. The van der Waals surface area contributed by atoms with E-state index in [1.165, 1.54) is 0 Å². The minimum Gasteiger partial charge on any atom is -0.480 e. The van der Waals surface area contributed by atoms with Gasteiger partial charge in [0.1, 0.15) is 6.04 Å². The largest absolute Gasteiger partial charge is 0.480 e. The lowest BCUT2D eigenvalue weighted by molar-refractivity contribution is -0.142. The van der Waals surface area contributed by atoms with Gasteiger partial charge in [-0.15, -0.1) is 0 Å². The molecule has 0 aliphatic rings. The number of carbonyl (C=O) groups excluding carboxylic acids is 1. The summed E-state index contributed by atoms with van der Waals surface area (Å²) in [5, 5.41) is 11.4. The first-order valence-electron chi connectivity index (χ1n) is 6.69. The third-order valence-corrected chi connectivity index (χ3v) is 3.07. The van der Waals surface area contributed by atoms with Gasteiger partial charge in [-0.25, -0.2) is 9.59 Å². The Balaban J connectivity index is 2.67. The van der Waals surface area contributed by atoms with Gasteiger partial charge in [-0.1, -0.05) is 13.3 Å². The van der Waals surface area contributed by atoms with Crippen molar-refractivity contribution in [3.05, 3.63) is 32.1 Å². The van der Waals surface area contributed by atoms with E-state index in [0.29, 0.717) is 24.1 Å². The van der Waals surface area contributed by atoms with Gasteiger partial charge in [0.2, 0.25) is 5.91 Å². The number of hydrogen-bond donors (Lipinski definition) is 4. The Morgan fingerprint density at radius 3 is 2.48 bits per heavy atom. The van der Waals surface area contributed by atoms with Gasteiger partial charge >= 0.3 is 11.7 Å². The zero-order valence-electron chi connectivity index (χ0n) is 12.0. The SMILES string of the molecule is CCC[C@H](NC(=O)CCc1c(C)[nH]c(=O)[nH]c1=O)C(=O)O. The third-order valence-electron chi connectivity index (χ3n) is 3.07. The second-order valence-electron chi connectivity index (χ2n) is 4.76. The van der Waals surface area contributed by atoms with Gasteiger partial charge in [0.25, 0.3) is 5.56 Å². The number of carboxylic acids is 1. The quantitative estimate of drug-likeness (QED) is 0.547. The van der Waals surface area contributed by atoms with Crippen LogP contribution in [-0.4, -0.2) is 33.0 Å². The zero-order valence-corrected chi connectivity index (χ0v) is 12.0. The van der Waals surface area contributed by atoms with Crippen molar-refractivity contribution in [3.8, 4) is 0 Å². The molecule has 0 aromatic carbocycles. The highest BCUT2D eigenvalue weighted by molar-refractivity contribution is 5.83. The smallest absolute Gasteiger partial charge is 0.326 e. The van der Waals surface area contributed by atoms with Crippen LogP contribution >= 0.6 is 0 Å². The summed E-state index contributed by atoms with van der Waals surface area (Å²) in [5.41, 5.74) is -0.418. The van der Waals surface area contributed by atoms with Crippen LogP contribution in [0.25, 0.3) is 0 Å². The summed E-state index contributed by atoms with van der Waals surface area (Å²) in [4.78, 5) is 49.9. The van der Waals surface area contributed by atoms with E-state index in [9.17, 15) is 19.2 Å². The molecule has 1 aromatic heterocycles. The van der Waals surface area contributed by atoms with Crippen LogP contribution in [0.4, 0.5) is 0 Å². The van der Waals surface area contributed by atoms with E-state index in [1.54, 1.807) is 6.92 Å². The monoisotopic (exact) mass is 297 g/mol. The van der Waals surface area contributed by atoms with E-state index >= 15 is 0 Å². The van der Waals surface area contributed by atoms with Crippen molar-refractivity contribution in [2.24, 2.45) is 0 Å². The Morgan fingerprint density at radius 2 is 1.95 bits per heavy atom. The average Bonchev–Trinajstić information content (AvgIpc) is 2.36. The Kier molecular flexibility index (Phi) is 5.89. The molecule has 8 heteroatoms. The van der Waals surface area contributed by atoms with E-state index < -0.39 is 29.2 Å². The number of aliphatic carboxylic acids is 1. The standard InChI is InChI=1S/C13H19N3O5/c1-3-4-9(12(19)20)15-10(17)6-5-8-7(2)14-13(21)16-11(8)18/h9H,3-6H2,1-2H3,(H,15,17)(H,19,20)(H2,14,16,18,21)/t9-/m0/s1. The van der Waals surface area contributed by atoms with E-state index in [4.69, 9.17) is 5.11 Å². The number of carboxylic acid groups (broad SMARTS) is 1. The van der Waals surface area contributed by atoms with Crippen LogP contribution in [-0.2, 0) is 16.0 Å². The minimum atomic E-state index is -1.08. The van der Waals surface area contributed by atoms with Gasteiger partial charge in [0, 0.05) is 17.7 Å². The Hall–Kier alpha value is -2.38. The van der Waals surface area contributed by atoms with Crippen molar-refractivity contribution >= 4 is 11.9 Å². The molecule has 21 heavy (non-hydrogen) atoms. The van der Waals surface area contributed by atoms with Crippen LogP contribution < -0.4 is 16.6 Å². The van der Waals surface area contributed by atoms with Gasteiger partial charge in [-0.05, 0) is 19.8 Å². The normalized spacial score (nSPS) is 11.9. The Bertz CT molecular complexity index is 631. The summed E-state index contributed by atoms with van der Waals surface area (Å²) in [6, 6.07) is -0.919. The molecule has 1 atom stereocenters. The van der Waals surface area contributed by atoms with Crippen LogP contribution in [0, 0.1) is 6.92 Å². The highest BCUT2D eigenvalue weighted by Gasteiger charge is 2.19. The molecule has 0 fully saturated rings. The molecule has 1 heterocycles. The van der Waals surface area contributed by atoms with Gasteiger partial charge in [-0.3, -0.25) is 14.6 Å². The molecular weight excluding hydrogens is 278 g/mol. The van der Waals surface area contributed by atoms with Gasteiger partial charge in [0.05, 0.1) is 0 Å². The molecule has 0 aliphatic carbocycles. The van der Waals surface area contributed by atoms with Crippen molar-refractivity contribution in [1.82, 2.24) is 15.3 Å². The molecular formula is C13H19N3O5. The maximum Gasteiger partial charge on any atom is 0.326 e. The molecule has 1 amide bonds. The summed E-state index contributed by atoms with van der Waals surface area (Å²) >= 11 is 0. The second-order valence-corrected chi connectivity index (χ2v) is 4.76. The summed E-state index contributed by atoms with van der Waals surface area (Å²) in [6.45, 7) is 3.40. The van der Waals surface area contributed by atoms with E-state index in [1.807, 2.05) is 6.92 Å². The molecule has 116 valence electrons. The molecule has 0 radical (unpaired) electrons. The fraction of sp³-hybridized carbons (Fsp3) is 0.538. The first kappa shape index (κ1) is 16.7. The topological polar surface area (TPSA) is 132 Å². The summed E-state index contributed by atoms with van der Waals surface area (Å²) in [5.74, 6) is -1.52. The number of aryl methyl sites for hydroxylation is 1. The number of rotatable bonds is 7. The van der Waals surface area contributed by atoms with Crippen LogP contribution in [0.1, 0.15) is 37.4 Å².